The van der Waals surface area contributed by atoms with Crippen molar-refractivity contribution in [3.05, 3.63) is 22.6 Å². The summed E-state index contributed by atoms with van der Waals surface area (Å²) in [4.78, 5) is 0. The number of anilines is 1. The van der Waals surface area contributed by atoms with Crippen molar-refractivity contribution in [2.24, 2.45) is 7.05 Å². The fourth-order valence-corrected chi connectivity index (χ4v) is 1.66. The van der Waals surface area contributed by atoms with Crippen LogP contribution >= 0.6 is 15.9 Å². The molecule has 0 atom stereocenters. The molecule has 2 rings (SSSR count). The summed E-state index contributed by atoms with van der Waals surface area (Å²) in [6.07, 6.45) is 3.55. The molecule has 0 amide bonds. The van der Waals surface area contributed by atoms with E-state index in [0.29, 0.717) is 12.4 Å². The van der Waals surface area contributed by atoms with E-state index >= 15 is 0 Å². The molecule has 0 saturated carbocycles. The van der Waals surface area contributed by atoms with Gasteiger partial charge in [-0.2, -0.15) is 5.10 Å². The highest BCUT2D eigenvalue weighted by atomic mass is 79.9. The Kier molecular flexibility index (Phi) is 2.24. The van der Waals surface area contributed by atoms with Crippen molar-refractivity contribution in [3.63, 3.8) is 0 Å². The van der Waals surface area contributed by atoms with Crippen LogP contribution in [0, 0.1) is 0 Å². The van der Waals surface area contributed by atoms with Gasteiger partial charge in [-0.1, -0.05) is 5.21 Å². The van der Waals surface area contributed by atoms with E-state index in [2.05, 4.69) is 31.3 Å². The average molecular weight is 257 g/mol. The summed E-state index contributed by atoms with van der Waals surface area (Å²) in [6, 6.07) is 0. The van der Waals surface area contributed by atoms with Gasteiger partial charge in [0.1, 0.15) is 0 Å². The molecule has 0 aliphatic carbocycles. The molecule has 7 heteroatoms. The summed E-state index contributed by atoms with van der Waals surface area (Å²) in [5, 5.41) is 11.8. The summed E-state index contributed by atoms with van der Waals surface area (Å²) < 4.78 is 4.33. The Morgan fingerprint density at radius 1 is 1.50 bits per heavy atom. The Balaban J connectivity index is 2.22. The van der Waals surface area contributed by atoms with E-state index in [9.17, 15) is 0 Å². The topological polar surface area (TPSA) is 74.5 Å². The number of aryl methyl sites for hydroxylation is 1. The molecule has 0 radical (unpaired) electrons. The Hall–Kier alpha value is -1.37. The Morgan fingerprint density at radius 3 is 2.79 bits per heavy atom. The van der Waals surface area contributed by atoms with Crippen molar-refractivity contribution < 1.29 is 0 Å². The van der Waals surface area contributed by atoms with Gasteiger partial charge in [0.05, 0.1) is 22.9 Å². The molecule has 0 saturated heterocycles. The van der Waals surface area contributed by atoms with Gasteiger partial charge in [0, 0.05) is 13.2 Å². The van der Waals surface area contributed by atoms with E-state index < -0.39 is 0 Å². The van der Waals surface area contributed by atoms with E-state index in [0.717, 1.165) is 10.2 Å². The first-order chi connectivity index (χ1) is 6.65. The molecule has 0 aliphatic rings. The third-order valence-electron chi connectivity index (χ3n) is 1.72. The lowest BCUT2D eigenvalue weighted by Crippen LogP contribution is -2.02. The molecule has 6 nitrogen and oxygen atoms in total. The van der Waals surface area contributed by atoms with Crippen LogP contribution in [0.25, 0.3) is 0 Å². The second kappa shape index (κ2) is 3.41. The van der Waals surface area contributed by atoms with Crippen LogP contribution in [0.3, 0.4) is 0 Å². The summed E-state index contributed by atoms with van der Waals surface area (Å²) >= 11 is 3.41. The van der Waals surface area contributed by atoms with Crippen molar-refractivity contribution in [3.8, 4) is 0 Å². The Morgan fingerprint density at radius 2 is 2.29 bits per heavy atom. The molecule has 2 N–H and O–H groups in total. The van der Waals surface area contributed by atoms with Crippen LogP contribution in [0.4, 0.5) is 5.82 Å². The van der Waals surface area contributed by atoms with Gasteiger partial charge in [-0.3, -0.25) is 4.68 Å². The molecule has 0 aromatic carbocycles. The molecule has 14 heavy (non-hydrogen) atoms. The summed E-state index contributed by atoms with van der Waals surface area (Å²) in [5.41, 5.74) is 6.34. The molecular weight excluding hydrogens is 248 g/mol. The molecule has 2 aromatic rings. The molecule has 2 aromatic heterocycles. The number of nitrogen functional groups attached to an aromatic ring is 1. The number of nitrogens with zero attached hydrogens (tertiary/aromatic N) is 5. The van der Waals surface area contributed by atoms with Crippen molar-refractivity contribution in [1.82, 2.24) is 24.8 Å². The number of nitrogens with two attached hydrogens (primary N) is 1. The van der Waals surface area contributed by atoms with Gasteiger partial charge < -0.3 is 5.73 Å². The summed E-state index contributed by atoms with van der Waals surface area (Å²) in [6.45, 7) is 0.561. The van der Waals surface area contributed by atoms with Crippen molar-refractivity contribution in [1.29, 1.82) is 0 Å². The smallest absolute Gasteiger partial charge is 0.165 e. The number of rotatable bonds is 2. The zero-order valence-corrected chi connectivity index (χ0v) is 9.14. The van der Waals surface area contributed by atoms with E-state index in [4.69, 9.17) is 5.73 Å². The lowest BCUT2D eigenvalue weighted by molar-refractivity contribution is 0.623. The van der Waals surface area contributed by atoms with Crippen LogP contribution in [0.15, 0.2) is 16.9 Å². The maximum Gasteiger partial charge on any atom is 0.165 e. The third kappa shape index (κ3) is 1.77. The summed E-state index contributed by atoms with van der Waals surface area (Å²) in [7, 11) is 1.87. The lowest BCUT2D eigenvalue weighted by atomic mass is 10.4. The third-order valence-corrected chi connectivity index (χ3v) is 2.38. The summed E-state index contributed by atoms with van der Waals surface area (Å²) in [5.74, 6) is 0.414. The highest BCUT2D eigenvalue weighted by Crippen LogP contribution is 2.15. The highest BCUT2D eigenvalue weighted by molar-refractivity contribution is 9.10. The minimum Gasteiger partial charge on any atom is -0.381 e. The van der Waals surface area contributed by atoms with Gasteiger partial charge in [-0.25, -0.2) is 4.68 Å². The Bertz CT molecular complexity index is 445. The van der Waals surface area contributed by atoms with Gasteiger partial charge in [0.25, 0.3) is 0 Å². The molecule has 0 bridgehead atoms. The predicted octanol–water partition coefficient (Wildman–Crippen LogP) is 0.405. The zero-order valence-electron chi connectivity index (χ0n) is 7.55. The highest BCUT2D eigenvalue weighted by Gasteiger charge is 2.06. The van der Waals surface area contributed by atoms with Crippen LogP contribution in [0.2, 0.25) is 0 Å². The van der Waals surface area contributed by atoms with Gasteiger partial charge in [0.2, 0.25) is 0 Å². The number of aromatic nitrogens is 5. The standard InChI is InChI=1S/C7H9BrN6/c1-13-2-5(8)6(11-13)3-14-4-7(9)10-12-14/h2,4H,3,9H2,1H3. The lowest BCUT2D eigenvalue weighted by Gasteiger charge is -1.95. The van der Waals surface area contributed by atoms with E-state index in [1.165, 1.54) is 0 Å². The van der Waals surface area contributed by atoms with Crippen LogP contribution in [-0.2, 0) is 13.6 Å². The molecule has 2 heterocycles. The van der Waals surface area contributed by atoms with Crippen LogP contribution in [-0.4, -0.2) is 24.8 Å². The average Bonchev–Trinajstić information content (AvgIpc) is 2.61. The van der Waals surface area contributed by atoms with Crippen molar-refractivity contribution in [2.45, 2.75) is 6.54 Å². The van der Waals surface area contributed by atoms with Crippen LogP contribution in [0.1, 0.15) is 5.69 Å². The van der Waals surface area contributed by atoms with E-state index in [-0.39, 0.29) is 0 Å². The second-order valence-corrected chi connectivity index (χ2v) is 3.79. The Labute approximate surface area is 88.8 Å². The normalized spacial score (nSPS) is 10.7. The molecule has 0 unspecified atom stereocenters. The number of hydrogen-bond acceptors (Lipinski definition) is 4. The predicted molar refractivity (Wildman–Crippen MR) is 54.4 cm³/mol. The first-order valence-electron chi connectivity index (χ1n) is 3.99. The van der Waals surface area contributed by atoms with Crippen molar-refractivity contribution >= 4 is 21.7 Å². The second-order valence-electron chi connectivity index (χ2n) is 2.94. The quantitative estimate of drug-likeness (QED) is 0.845. The first-order valence-corrected chi connectivity index (χ1v) is 4.78. The minimum absolute atomic E-state index is 0.414. The fourth-order valence-electron chi connectivity index (χ4n) is 1.16. The fraction of sp³-hybridized carbons (Fsp3) is 0.286. The maximum absolute atomic E-state index is 5.44. The van der Waals surface area contributed by atoms with Crippen LogP contribution < -0.4 is 5.73 Å². The number of halogens is 1. The minimum atomic E-state index is 0.414. The largest absolute Gasteiger partial charge is 0.381 e. The van der Waals surface area contributed by atoms with Gasteiger partial charge in [-0.15, -0.1) is 5.10 Å². The van der Waals surface area contributed by atoms with Gasteiger partial charge >= 0.3 is 0 Å². The molecule has 0 spiro atoms. The SMILES string of the molecule is Cn1cc(Br)c(Cn2cc(N)nn2)n1. The maximum atomic E-state index is 5.44. The molecule has 74 valence electrons. The van der Waals surface area contributed by atoms with E-state index in [1.807, 2.05) is 13.2 Å². The van der Waals surface area contributed by atoms with Crippen LogP contribution in [0.5, 0.6) is 0 Å². The van der Waals surface area contributed by atoms with Gasteiger partial charge in [0.15, 0.2) is 5.82 Å². The number of hydrogen-bond donors (Lipinski definition) is 1. The molecule has 0 fully saturated rings. The van der Waals surface area contributed by atoms with Gasteiger partial charge in [-0.05, 0) is 15.9 Å². The van der Waals surface area contributed by atoms with E-state index in [1.54, 1.807) is 15.6 Å². The first kappa shape index (κ1) is 9.20. The molecular formula is C7H9BrN6. The molecule has 0 aliphatic heterocycles. The monoisotopic (exact) mass is 256 g/mol. The van der Waals surface area contributed by atoms with Crippen molar-refractivity contribution in [2.75, 3.05) is 5.73 Å². The zero-order chi connectivity index (χ0) is 10.1.